The molecule has 0 aromatic carbocycles. The van der Waals surface area contributed by atoms with Crippen LogP contribution in [-0.4, -0.2) is 35.6 Å². The molecule has 0 aromatic rings. The van der Waals surface area contributed by atoms with Crippen molar-refractivity contribution in [3.8, 4) is 0 Å². The quantitative estimate of drug-likeness (QED) is 0.145. The van der Waals surface area contributed by atoms with Crippen LogP contribution in [0.2, 0.25) is 0 Å². The van der Waals surface area contributed by atoms with Crippen LogP contribution in [0.15, 0.2) is 0 Å². The average Bonchev–Trinajstić information content (AvgIpc) is 2.56. The van der Waals surface area contributed by atoms with Gasteiger partial charge in [-0.05, 0) is 6.42 Å². The van der Waals surface area contributed by atoms with E-state index in [-0.39, 0.29) is 29.0 Å². The van der Waals surface area contributed by atoms with Crippen molar-refractivity contribution in [1.29, 1.82) is 0 Å². The van der Waals surface area contributed by atoms with Crippen molar-refractivity contribution in [3.63, 3.8) is 0 Å². The molecule has 0 radical (unpaired) electrons. The molecule has 3 heteroatoms. The van der Waals surface area contributed by atoms with Crippen molar-refractivity contribution < 1.29 is 9.53 Å². The van der Waals surface area contributed by atoms with Gasteiger partial charge >= 0.3 is 29.0 Å². The highest BCUT2D eigenvalue weighted by Crippen LogP contribution is 2.14. The number of ether oxygens (including phenoxy) is 1. The highest BCUT2D eigenvalue weighted by atomic mass is 24.3. The van der Waals surface area contributed by atoms with Gasteiger partial charge in [-0.15, -0.1) is 0 Å². The molecule has 2 nitrogen and oxygen atoms in total. The fourth-order valence-corrected chi connectivity index (χ4v) is 3.22. The third-order valence-corrected chi connectivity index (χ3v) is 4.80. The van der Waals surface area contributed by atoms with E-state index < -0.39 is 0 Å². The Bertz CT molecular complexity index is 256. The second-order valence-corrected chi connectivity index (χ2v) is 7.35. The van der Waals surface area contributed by atoms with E-state index in [1.807, 2.05) is 0 Å². The van der Waals surface area contributed by atoms with Crippen molar-refractivity contribution in [2.75, 3.05) is 6.61 Å². The van der Waals surface area contributed by atoms with Gasteiger partial charge in [-0.1, -0.05) is 116 Å². The van der Waals surface area contributed by atoms with E-state index in [2.05, 4.69) is 6.92 Å². The van der Waals surface area contributed by atoms with Gasteiger partial charge in [0, 0.05) is 6.92 Å². The molecule has 0 rings (SSSR count). The van der Waals surface area contributed by atoms with E-state index in [1.54, 1.807) is 0 Å². The summed E-state index contributed by atoms with van der Waals surface area (Å²) in [5.74, 6) is -0.151. The van der Waals surface area contributed by atoms with Crippen LogP contribution in [0.3, 0.4) is 0 Å². The normalized spacial score (nSPS) is 10.5. The van der Waals surface area contributed by atoms with Crippen molar-refractivity contribution in [1.82, 2.24) is 0 Å². The van der Waals surface area contributed by atoms with Crippen molar-refractivity contribution in [3.05, 3.63) is 0 Å². The molecular weight excluding hydrogens is 321 g/mol. The number of carbonyl (C=O) groups excluding carboxylic acids is 1. The summed E-state index contributed by atoms with van der Waals surface area (Å²) in [5.41, 5.74) is 0. The minimum absolute atomic E-state index is 0. The molecule has 0 aliphatic carbocycles. The first-order valence-electron chi connectivity index (χ1n) is 10.9. The summed E-state index contributed by atoms with van der Waals surface area (Å²) >= 11 is 0. The molecule has 0 fully saturated rings. The lowest BCUT2D eigenvalue weighted by atomic mass is 10.0. The minimum atomic E-state index is -0.151. The van der Waals surface area contributed by atoms with Gasteiger partial charge in [0.2, 0.25) is 0 Å². The van der Waals surface area contributed by atoms with E-state index >= 15 is 0 Å². The maximum atomic E-state index is 10.6. The lowest BCUT2D eigenvalue weighted by molar-refractivity contribution is -0.141. The fourth-order valence-electron chi connectivity index (χ4n) is 3.22. The highest BCUT2D eigenvalue weighted by molar-refractivity contribution is 5.75. The predicted molar refractivity (Wildman–Crippen MR) is 114 cm³/mol. The molecule has 0 aromatic heterocycles. The van der Waals surface area contributed by atoms with E-state index in [9.17, 15) is 4.79 Å². The van der Waals surface area contributed by atoms with Crippen LogP contribution in [0.25, 0.3) is 0 Å². The third-order valence-electron chi connectivity index (χ3n) is 4.80. The summed E-state index contributed by atoms with van der Waals surface area (Å²) in [7, 11) is 0. The Morgan fingerprint density at radius 3 is 1.12 bits per heavy atom. The van der Waals surface area contributed by atoms with Gasteiger partial charge in [0.05, 0.1) is 6.61 Å². The number of carbonyl (C=O) groups is 1. The summed E-state index contributed by atoms with van der Waals surface area (Å²) in [4.78, 5) is 10.6. The van der Waals surface area contributed by atoms with Gasteiger partial charge in [0.15, 0.2) is 0 Å². The van der Waals surface area contributed by atoms with E-state index in [0.717, 1.165) is 6.42 Å². The highest BCUT2D eigenvalue weighted by Gasteiger charge is 1.96. The topological polar surface area (TPSA) is 26.3 Å². The van der Waals surface area contributed by atoms with Gasteiger partial charge in [0.1, 0.15) is 0 Å². The molecule has 0 aliphatic rings. The Morgan fingerprint density at radius 2 is 0.840 bits per heavy atom. The van der Waals surface area contributed by atoms with Crippen LogP contribution < -0.4 is 0 Å². The van der Waals surface area contributed by atoms with Crippen LogP contribution >= 0.6 is 0 Å². The van der Waals surface area contributed by atoms with Gasteiger partial charge in [0.25, 0.3) is 0 Å². The van der Waals surface area contributed by atoms with Crippen LogP contribution in [0.5, 0.6) is 0 Å². The zero-order chi connectivity index (χ0) is 17.7. The second-order valence-electron chi connectivity index (χ2n) is 7.35. The molecule has 148 valence electrons. The summed E-state index contributed by atoms with van der Waals surface area (Å²) in [6, 6.07) is 0. The molecule has 0 N–H and O–H groups in total. The van der Waals surface area contributed by atoms with Crippen molar-refractivity contribution in [2.24, 2.45) is 0 Å². The minimum Gasteiger partial charge on any atom is -0.466 e. The molecule has 0 saturated carbocycles. The Kier molecular flexibility index (Phi) is 26.6. The van der Waals surface area contributed by atoms with Gasteiger partial charge in [-0.25, -0.2) is 0 Å². The fraction of sp³-hybridized carbons (Fsp3) is 0.955. The zero-order valence-electron chi connectivity index (χ0n) is 16.8. The van der Waals surface area contributed by atoms with E-state index in [4.69, 9.17) is 4.74 Å². The largest absolute Gasteiger partial charge is 0.466 e. The lowest BCUT2D eigenvalue weighted by Gasteiger charge is -2.04. The molecule has 0 saturated heterocycles. The molecule has 0 amide bonds. The first-order valence-corrected chi connectivity index (χ1v) is 10.9. The summed E-state index contributed by atoms with van der Waals surface area (Å²) < 4.78 is 4.93. The molecule has 0 aliphatic heterocycles. The Hall–Kier alpha value is 0.236. The van der Waals surface area contributed by atoms with Gasteiger partial charge in [-0.2, -0.15) is 0 Å². The summed E-state index contributed by atoms with van der Waals surface area (Å²) in [6.45, 7) is 4.37. The van der Waals surface area contributed by atoms with Crippen LogP contribution in [0, 0.1) is 0 Å². The van der Waals surface area contributed by atoms with Crippen molar-refractivity contribution >= 4 is 29.0 Å². The molecule has 0 unspecified atom stereocenters. The lowest BCUT2D eigenvalue weighted by Crippen LogP contribution is -2.00. The molecule has 0 heterocycles. The monoisotopic (exact) mass is 366 g/mol. The van der Waals surface area contributed by atoms with E-state index in [0.29, 0.717) is 6.61 Å². The summed E-state index contributed by atoms with van der Waals surface area (Å²) in [6.07, 6.45) is 24.9. The number of esters is 1. The Morgan fingerprint density at radius 1 is 0.560 bits per heavy atom. The molecular formula is C22H46MgO2. The number of rotatable bonds is 19. The third kappa shape index (κ3) is 26.6. The number of hydrogen-bond acceptors (Lipinski definition) is 2. The first-order chi connectivity index (χ1) is 11.8. The maximum absolute atomic E-state index is 10.6. The van der Waals surface area contributed by atoms with Gasteiger partial charge in [-0.3, -0.25) is 4.79 Å². The van der Waals surface area contributed by atoms with Gasteiger partial charge < -0.3 is 4.74 Å². The maximum Gasteiger partial charge on any atom is 0.316 e. The SMILES string of the molecule is CCCCCCCCCCCCCCCCCCCCOC(C)=O.[MgH2]. The summed E-state index contributed by atoms with van der Waals surface area (Å²) in [5, 5.41) is 0. The smallest absolute Gasteiger partial charge is 0.316 e. The Labute approximate surface area is 174 Å². The second kappa shape index (κ2) is 24.2. The van der Waals surface area contributed by atoms with Crippen LogP contribution in [0.1, 0.15) is 129 Å². The van der Waals surface area contributed by atoms with Crippen LogP contribution in [-0.2, 0) is 9.53 Å². The Balaban J connectivity index is 0. The van der Waals surface area contributed by atoms with Crippen LogP contribution in [0.4, 0.5) is 0 Å². The van der Waals surface area contributed by atoms with Crippen molar-refractivity contribution in [2.45, 2.75) is 129 Å². The molecule has 0 bridgehead atoms. The average molecular weight is 367 g/mol. The number of unbranched alkanes of at least 4 members (excludes halogenated alkanes) is 17. The molecule has 0 atom stereocenters. The predicted octanol–water partition coefficient (Wildman–Crippen LogP) is 6.68. The number of hydrogen-bond donors (Lipinski definition) is 0. The molecule has 0 spiro atoms. The van der Waals surface area contributed by atoms with E-state index in [1.165, 1.54) is 116 Å². The zero-order valence-corrected chi connectivity index (χ0v) is 16.8. The first kappa shape index (κ1) is 27.5. The standard InChI is InChI=1S/C22H44O2.Mg.2H/c1-3-4-5-6-7-8-9-10-11-12-13-14-15-16-17-18-19-20-21-24-22(2)23;;;/h3-21H2,1-2H3;;;. The molecule has 25 heavy (non-hydrogen) atoms.